The molecule has 0 aromatic heterocycles. The lowest BCUT2D eigenvalue weighted by atomic mass is 9.86. The van der Waals surface area contributed by atoms with Crippen molar-refractivity contribution in [2.75, 3.05) is 32.7 Å². The third-order valence-electron chi connectivity index (χ3n) is 4.56. The van der Waals surface area contributed by atoms with E-state index in [1.165, 1.54) is 32.2 Å². The van der Waals surface area contributed by atoms with Crippen molar-refractivity contribution in [3.63, 3.8) is 0 Å². The Labute approximate surface area is 112 Å². The van der Waals surface area contributed by atoms with E-state index in [4.69, 9.17) is 4.74 Å². The van der Waals surface area contributed by atoms with E-state index in [0.717, 1.165) is 26.2 Å². The first-order valence-corrected chi connectivity index (χ1v) is 7.74. The first-order chi connectivity index (χ1) is 8.65. The van der Waals surface area contributed by atoms with Gasteiger partial charge in [-0.25, -0.2) is 0 Å². The number of morpholine rings is 1. The van der Waals surface area contributed by atoms with Gasteiger partial charge in [-0.1, -0.05) is 20.8 Å². The van der Waals surface area contributed by atoms with Crippen LogP contribution in [-0.4, -0.2) is 49.8 Å². The van der Waals surface area contributed by atoms with Crippen LogP contribution < -0.4 is 5.32 Å². The lowest BCUT2D eigenvalue weighted by molar-refractivity contribution is -0.0493. The number of nitrogens with one attached hydrogen (secondary N) is 1. The topological polar surface area (TPSA) is 24.5 Å². The molecule has 2 aliphatic heterocycles. The number of nitrogens with zero attached hydrogens (tertiary/aromatic N) is 1. The zero-order chi connectivity index (χ0) is 13.0. The van der Waals surface area contributed by atoms with Crippen molar-refractivity contribution in [1.82, 2.24) is 10.2 Å². The van der Waals surface area contributed by atoms with Gasteiger partial charge in [0.25, 0.3) is 0 Å². The Bertz CT molecular complexity index is 247. The summed E-state index contributed by atoms with van der Waals surface area (Å²) >= 11 is 0. The molecule has 1 N–H and O–H groups in total. The van der Waals surface area contributed by atoms with Gasteiger partial charge in [0.2, 0.25) is 0 Å². The zero-order valence-corrected chi connectivity index (χ0v) is 12.4. The quantitative estimate of drug-likeness (QED) is 0.705. The van der Waals surface area contributed by atoms with Gasteiger partial charge in [-0.2, -0.15) is 0 Å². The normalized spacial score (nSPS) is 31.5. The van der Waals surface area contributed by atoms with Crippen LogP contribution in [0.2, 0.25) is 0 Å². The minimum Gasteiger partial charge on any atom is -0.372 e. The molecule has 3 heteroatoms. The summed E-state index contributed by atoms with van der Waals surface area (Å²) in [6.07, 6.45) is 6.07. The van der Waals surface area contributed by atoms with Crippen LogP contribution in [0.25, 0.3) is 0 Å². The van der Waals surface area contributed by atoms with E-state index >= 15 is 0 Å². The average Bonchev–Trinajstić information content (AvgIpc) is 2.69. The molecule has 2 heterocycles. The van der Waals surface area contributed by atoms with Gasteiger partial charge >= 0.3 is 0 Å². The number of likely N-dealkylation sites (tertiary alicyclic amines) is 1. The first kappa shape index (κ1) is 14.3. The summed E-state index contributed by atoms with van der Waals surface area (Å²) in [6.45, 7) is 12.8. The maximum atomic E-state index is 5.92. The van der Waals surface area contributed by atoms with Crippen molar-refractivity contribution in [2.24, 2.45) is 5.41 Å². The van der Waals surface area contributed by atoms with Crippen LogP contribution >= 0.6 is 0 Å². The van der Waals surface area contributed by atoms with Crippen molar-refractivity contribution in [1.29, 1.82) is 0 Å². The largest absolute Gasteiger partial charge is 0.372 e. The van der Waals surface area contributed by atoms with Gasteiger partial charge in [0.15, 0.2) is 0 Å². The van der Waals surface area contributed by atoms with Crippen LogP contribution in [0.4, 0.5) is 0 Å². The van der Waals surface area contributed by atoms with Crippen LogP contribution in [-0.2, 0) is 4.74 Å². The smallest absolute Gasteiger partial charge is 0.0707 e. The average molecular weight is 254 g/mol. The predicted molar refractivity (Wildman–Crippen MR) is 75.9 cm³/mol. The summed E-state index contributed by atoms with van der Waals surface area (Å²) in [5.41, 5.74) is 0.409. The van der Waals surface area contributed by atoms with Gasteiger partial charge in [0, 0.05) is 26.2 Å². The van der Waals surface area contributed by atoms with Gasteiger partial charge in [0.1, 0.15) is 0 Å². The van der Waals surface area contributed by atoms with E-state index in [1.54, 1.807) is 0 Å². The van der Waals surface area contributed by atoms with Crippen LogP contribution in [0.5, 0.6) is 0 Å². The predicted octanol–water partition coefficient (Wildman–Crippen LogP) is 2.27. The number of hydrogen-bond donors (Lipinski definition) is 1. The maximum Gasteiger partial charge on any atom is 0.0707 e. The minimum absolute atomic E-state index is 0.409. The lowest BCUT2D eigenvalue weighted by Gasteiger charge is -2.39. The highest BCUT2D eigenvalue weighted by atomic mass is 16.5. The molecule has 18 heavy (non-hydrogen) atoms. The van der Waals surface area contributed by atoms with Crippen molar-refractivity contribution >= 4 is 0 Å². The fourth-order valence-electron chi connectivity index (χ4n) is 3.23. The van der Waals surface area contributed by atoms with E-state index < -0.39 is 0 Å². The van der Waals surface area contributed by atoms with Crippen LogP contribution in [0.15, 0.2) is 0 Å². The molecule has 106 valence electrons. The highest BCUT2D eigenvalue weighted by Crippen LogP contribution is 2.29. The standard InChI is InChI=1S/C15H30N2O/c1-4-8-16-11-15(3,5-2)12-17-9-13-6-7-14(10-17)18-13/h13-14,16H,4-12H2,1-3H3. The van der Waals surface area contributed by atoms with Gasteiger partial charge in [0.05, 0.1) is 12.2 Å². The maximum absolute atomic E-state index is 5.92. The Kier molecular flexibility index (Phi) is 5.05. The highest BCUT2D eigenvalue weighted by molar-refractivity contribution is 4.88. The fourth-order valence-corrected chi connectivity index (χ4v) is 3.23. The molecular weight excluding hydrogens is 224 g/mol. The molecule has 0 spiro atoms. The van der Waals surface area contributed by atoms with E-state index in [2.05, 4.69) is 31.0 Å². The summed E-state index contributed by atoms with van der Waals surface area (Å²) in [5.74, 6) is 0. The van der Waals surface area contributed by atoms with Gasteiger partial charge in [-0.05, 0) is 37.6 Å². The molecule has 3 nitrogen and oxygen atoms in total. The lowest BCUT2D eigenvalue weighted by Crippen LogP contribution is -2.49. The molecule has 3 unspecified atom stereocenters. The SMILES string of the molecule is CCCNCC(C)(CC)CN1CC2CCC(C1)O2. The molecule has 0 saturated carbocycles. The van der Waals surface area contributed by atoms with E-state index in [0.29, 0.717) is 17.6 Å². The van der Waals surface area contributed by atoms with E-state index in [9.17, 15) is 0 Å². The summed E-state index contributed by atoms with van der Waals surface area (Å²) in [7, 11) is 0. The van der Waals surface area contributed by atoms with Gasteiger partial charge in [-0.3, -0.25) is 4.90 Å². The molecule has 2 aliphatic rings. The van der Waals surface area contributed by atoms with Crippen molar-refractivity contribution < 1.29 is 4.74 Å². The van der Waals surface area contributed by atoms with Crippen molar-refractivity contribution in [3.05, 3.63) is 0 Å². The second-order valence-corrected chi connectivity index (χ2v) is 6.49. The third kappa shape index (κ3) is 3.69. The Hall–Kier alpha value is -0.120. The zero-order valence-electron chi connectivity index (χ0n) is 12.4. The van der Waals surface area contributed by atoms with Crippen LogP contribution in [0.3, 0.4) is 0 Å². The summed E-state index contributed by atoms with van der Waals surface area (Å²) < 4.78 is 5.92. The summed E-state index contributed by atoms with van der Waals surface area (Å²) in [6, 6.07) is 0. The number of ether oxygens (including phenoxy) is 1. The molecule has 0 aromatic carbocycles. The molecule has 2 rings (SSSR count). The summed E-state index contributed by atoms with van der Waals surface area (Å²) in [5, 5.41) is 3.60. The third-order valence-corrected chi connectivity index (χ3v) is 4.56. The van der Waals surface area contributed by atoms with Gasteiger partial charge in [-0.15, -0.1) is 0 Å². The molecule has 2 fully saturated rings. The molecule has 2 bridgehead atoms. The highest BCUT2D eigenvalue weighted by Gasteiger charge is 2.36. The Morgan fingerprint density at radius 2 is 1.89 bits per heavy atom. The molecular formula is C15H30N2O. The second kappa shape index (κ2) is 6.36. The second-order valence-electron chi connectivity index (χ2n) is 6.49. The van der Waals surface area contributed by atoms with Crippen molar-refractivity contribution in [3.8, 4) is 0 Å². The molecule has 0 amide bonds. The molecule has 0 aliphatic carbocycles. The molecule has 0 radical (unpaired) electrons. The first-order valence-electron chi connectivity index (χ1n) is 7.74. The Morgan fingerprint density at radius 3 is 2.44 bits per heavy atom. The van der Waals surface area contributed by atoms with Crippen molar-refractivity contribution in [2.45, 2.75) is 58.7 Å². The summed E-state index contributed by atoms with van der Waals surface area (Å²) in [4.78, 5) is 2.64. The van der Waals surface area contributed by atoms with Crippen LogP contribution in [0.1, 0.15) is 46.5 Å². The minimum atomic E-state index is 0.409. The monoisotopic (exact) mass is 254 g/mol. The number of hydrogen-bond acceptors (Lipinski definition) is 3. The van der Waals surface area contributed by atoms with Gasteiger partial charge < -0.3 is 10.1 Å². The van der Waals surface area contributed by atoms with E-state index in [1.807, 2.05) is 0 Å². The van der Waals surface area contributed by atoms with E-state index in [-0.39, 0.29) is 0 Å². The number of rotatable bonds is 7. The van der Waals surface area contributed by atoms with Crippen LogP contribution in [0, 0.1) is 5.41 Å². The molecule has 3 atom stereocenters. The molecule has 0 aromatic rings. The molecule has 2 saturated heterocycles. The fraction of sp³-hybridized carbons (Fsp3) is 1.00. The Morgan fingerprint density at radius 1 is 1.22 bits per heavy atom. The number of fused-ring (bicyclic) bond motifs is 2. The Balaban J connectivity index is 1.81.